The van der Waals surface area contributed by atoms with Gasteiger partial charge in [-0.15, -0.1) is 10.2 Å². The third-order valence-electron chi connectivity index (χ3n) is 3.65. The number of halogens is 1. The van der Waals surface area contributed by atoms with E-state index < -0.39 is 12.4 Å². The fourth-order valence-corrected chi connectivity index (χ4v) is 2.32. The van der Waals surface area contributed by atoms with Crippen molar-refractivity contribution in [2.24, 2.45) is 0 Å². The lowest BCUT2D eigenvalue weighted by Crippen LogP contribution is -2.16. The van der Waals surface area contributed by atoms with Gasteiger partial charge in [-0.3, -0.25) is 9.36 Å². The van der Waals surface area contributed by atoms with Gasteiger partial charge >= 0.3 is 0 Å². The van der Waals surface area contributed by atoms with Crippen LogP contribution >= 0.6 is 0 Å². The Balaban J connectivity index is 1.97. The van der Waals surface area contributed by atoms with Crippen molar-refractivity contribution in [1.29, 1.82) is 0 Å². The zero-order valence-electron chi connectivity index (χ0n) is 12.9. The standard InChI is InChI=1S/C17H15FN4O2/c1-19-16-5-4-14(20-21-16)13-3-2-11(8-15(13)23)12-6-7-22(10-18)17(24)9-12/h2-9,23H,10H2,1H3,(H,19,21). The van der Waals surface area contributed by atoms with Gasteiger partial charge in [-0.25, -0.2) is 4.39 Å². The molecule has 6 nitrogen and oxygen atoms in total. The Hall–Kier alpha value is -3.22. The third kappa shape index (κ3) is 2.96. The summed E-state index contributed by atoms with van der Waals surface area (Å²) in [5.41, 5.74) is 1.88. The Morgan fingerprint density at radius 1 is 1.12 bits per heavy atom. The van der Waals surface area contributed by atoms with Gasteiger partial charge < -0.3 is 10.4 Å². The van der Waals surface area contributed by atoms with Crippen LogP contribution in [0.3, 0.4) is 0 Å². The first-order chi connectivity index (χ1) is 11.6. The summed E-state index contributed by atoms with van der Waals surface area (Å²) in [6.45, 7) is -0.870. The molecule has 2 heterocycles. The molecule has 2 N–H and O–H groups in total. The van der Waals surface area contributed by atoms with Crippen molar-refractivity contribution in [3.63, 3.8) is 0 Å². The maximum Gasteiger partial charge on any atom is 0.253 e. The Kier molecular flexibility index (Phi) is 4.24. The van der Waals surface area contributed by atoms with Crippen LogP contribution in [0.5, 0.6) is 5.75 Å². The SMILES string of the molecule is CNc1ccc(-c2ccc(-c3ccn(CF)c(=O)c3)cc2O)nn1. The fraction of sp³-hybridized carbons (Fsp3) is 0.118. The van der Waals surface area contributed by atoms with E-state index in [-0.39, 0.29) is 5.75 Å². The Morgan fingerprint density at radius 3 is 2.50 bits per heavy atom. The van der Waals surface area contributed by atoms with E-state index in [4.69, 9.17) is 0 Å². The predicted octanol–water partition coefficient (Wildman–Crippen LogP) is 2.65. The minimum absolute atomic E-state index is 0.0219. The predicted molar refractivity (Wildman–Crippen MR) is 89.5 cm³/mol. The molecule has 0 saturated heterocycles. The normalized spacial score (nSPS) is 10.6. The molecule has 2 aromatic heterocycles. The molecule has 0 amide bonds. The molecule has 3 rings (SSSR count). The van der Waals surface area contributed by atoms with E-state index in [1.165, 1.54) is 18.3 Å². The monoisotopic (exact) mass is 326 g/mol. The number of phenols is 1. The first-order valence-electron chi connectivity index (χ1n) is 7.24. The van der Waals surface area contributed by atoms with Crippen molar-refractivity contribution in [1.82, 2.24) is 14.8 Å². The number of nitrogens with one attached hydrogen (secondary N) is 1. The number of pyridine rings is 1. The molecular weight excluding hydrogens is 311 g/mol. The molecule has 0 saturated carbocycles. The van der Waals surface area contributed by atoms with Gasteiger partial charge in [-0.05, 0) is 41.5 Å². The molecule has 0 fully saturated rings. The topological polar surface area (TPSA) is 80.0 Å². The molecule has 3 aromatic rings. The smallest absolute Gasteiger partial charge is 0.253 e. The number of rotatable bonds is 4. The number of alkyl halides is 1. The van der Waals surface area contributed by atoms with Gasteiger partial charge in [0.2, 0.25) is 0 Å². The molecule has 0 unspecified atom stereocenters. The van der Waals surface area contributed by atoms with E-state index in [0.717, 1.165) is 4.57 Å². The molecule has 0 radical (unpaired) electrons. The highest BCUT2D eigenvalue weighted by molar-refractivity contribution is 5.74. The van der Waals surface area contributed by atoms with Gasteiger partial charge in [0.25, 0.3) is 5.56 Å². The van der Waals surface area contributed by atoms with Gasteiger partial charge in [-0.1, -0.05) is 6.07 Å². The summed E-state index contributed by atoms with van der Waals surface area (Å²) < 4.78 is 13.5. The largest absolute Gasteiger partial charge is 0.507 e. The van der Waals surface area contributed by atoms with Crippen LogP contribution in [-0.2, 0) is 6.80 Å². The summed E-state index contributed by atoms with van der Waals surface area (Å²) in [5, 5.41) is 21.2. The van der Waals surface area contributed by atoms with Crippen molar-refractivity contribution in [2.45, 2.75) is 6.80 Å². The molecule has 24 heavy (non-hydrogen) atoms. The van der Waals surface area contributed by atoms with Crippen LogP contribution in [0.25, 0.3) is 22.4 Å². The number of nitrogens with zero attached hydrogens (tertiary/aromatic N) is 3. The number of aromatic nitrogens is 3. The summed E-state index contributed by atoms with van der Waals surface area (Å²) in [5.74, 6) is 0.650. The molecule has 0 aliphatic heterocycles. The number of benzene rings is 1. The van der Waals surface area contributed by atoms with E-state index in [9.17, 15) is 14.3 Å². The molecule has 0 atom stereocenters. The fourth-order valence-electron chi connectivity index (χ4n) is 2.32. The van der Waals surface area contributed by atoms with Gasteiger partial charge in [0, 0.05) is 24.9 Å². The van der Waals surface area contributed by atoms with Crippen molar-refractivity contribution in [3.05, 3.63) is 59.0 Å². The van der Waals surface area contributed by atoms with Crippen LogP contribution in [-0.4, -0.2) is 26.9 Å². The highest BCUT2D eigenvalue weighted by Crippen LogP contribution is 2.32. The number of anilines is 1. The molecule has 0 bridgehead atoms. The first kappa shape index (κ1) is 15.7. The van der Waals surface area contributed by atoms with Gasteiger partial charge in [0.1, 0.15) is 11.6 Å². The van der Waals surface area contributed by atoms with Crippen molar-refractivity contribution in [3.8, 4) is 28.1 Å². The first-order valence-corrected chi connectivity index (χ1v) is 7.24. The lowest BCUT2D eigenvalue weighted by Gasteiger charge is -2.08. The summed E-state index contributed by atoms with van der Waals surface area (Å²) in [6, 6.07) is 11.5. The Bertz CT molecular complexity index is 923. The lowest BCUT2D eigenvalue weighted by atomic mass is 10.0. The van der Waals surface area contributed by atoms with Gasteiger partial charge in [0.15, 0.2) is 6.80 Å². The van der Waals surface area contributed by atoms with E-state index in [0.29, 0.717) is 28.2 Å². The Morgan fingerprint density at radius 2 is 1.92 bits per heavy atom. The molecule has 0 spiro atoms. The van der Waals surface area contributed by atoms with Crippen molar-refractivity contribution < 1.29 is 9.50 Å². The van der Waals surface area contributed by atoms with Crippen LogP contribution in [0.1, 0.15) is 0 Å². The zero-order valence-corrected chi connectivity index (χ0v) is 12.9. The third-order valence-corrected chi connectivity index (χ3v) is 3.65. The quantitative estimate of drug-likeness (QED) is 0.770. The average Bonchev–Trinajstić information content (AvgIpc) is 2.61. The minimum Gasteiger partial charge on any atom is -0.507 e. The summed E-state index contributed by atoms with van der Waals surface area (Å²) in [6.07, 6.45) is 1.38. The van der Waals surface area contributed by atoms with Crippen LogP contribution in [0.4, 0.5) is 10.2 Å². The molecule has 0 aliphatic carbocycles. The van der Waals surface area contributed by atoms with Gasteiger partial charge in [0.05, 0.1) is 5.69 Å². The van der Waals surface area contributed by atoms with Crippen LogP contribution in [0.15, 0.2) is 53.5 Å². The van der Waals surface area contributed by atoms with Crippen LogP contribution in [0.2, 0.25) is 0 Å². The van der Waals surface area contributed by atoms with E-state index in [1.54, 1.807) is 37.4 Å². The summed E-state index contributed by atoms with van der Waals surface area (Å²) in [4.78, 5) is 11.7. The summed E-state index contributed by atoms with van der Waals surface area (Å²) in [7, 11) is 1.74. The van der Waals surface area contributed by atoms with Crippen LogP contribution < -0.4 is 10.9 Å². The lowest BCUT2D eigenvalue weighted by molar-refractivity contribution is 0.369. The molecule has 7 heteroatoms. The molecule has 0 aliphatic rings. The number of aromatic hydroxyl groups is 1. The van der Waals surface area contributed by atoms with E-state index in [1.807, 2.05) is 0 Å². The van der Waals surface area contributed by atoms with E-state index in [2.05, 4.69) is 15.5 Å². The second kappa shape index (κ2) is 6.49. The van der Waals surface area contributed by atoms with Gasteiger partial charge in [-0.2, -0.15) is 0 Å². The highest BCUT2D eigenvalue weighted by atomic mass is 19.1. The average molecular weight is 326 g/mol. The number of hydrogen-bond donors (Lipinski definition) is 2. The molecule has 122 valence electrons. The van der Waals surface area contributed by atoms with Crippen molar-refractivity contribution >= 4 is 5.82 Å². The zero-order chi connectivity index (χ0) is 17.1. The Labute approximate surface area is 137 Å². The second-order valence-corrected chi connectivity index (χ2v) is 5.13. The highest BCUT2D eigenvalue weighted by Gasteiger charge is 2.09. The maximum absolute atomic E-state index is 12.6. The van der Waals surface area contributed by atoms with Crippen molar-refractivity contribution in [2.75, 3.05) is 12.4 Å². The number of hydrogen-bond acceptors (Lipinski definition) is 5. The van der Waals surface area contributed by atoms with E-state index >= 15 is 0 Å². The minimum atomic E-state index is -0.870. The maximum atomic E-state index is 12.6. The second-order valence-electron chi connectivity index (χ2n) is 5.13. The summed E-state index contributed by atoms with van der Waals surface area (Å²) >= 11 is 0. The molecule has 1 aromatic carbocycles. The van der Waals surface area contributed by atoms with Crippen LogP contribution in [0, 0.1) is 0 Å². The number of phenolic OH excluding ortho intramolecular Hbond substituents is 1. The molecular formula is C17H15FN4O2.